The first-order chi connectivity index (χ1) is 14.1. The van der Waals surface area contributed by atoms with Gasteiger partial charge in [0.25, 0.3) is 0 Å². The Balaban J connectivity index is 1.81. The lowest BCUT2D eigenvalue weighted by atomic mass is 10.00. The van der Waals surface area contributed by atoms with E-state index >= 15 is 0 Å². The average Bonchev–Trinajstić information content (AvgIpc) is 3.15. The third-order valence-corrected chi connectivity index (χ3v) is 5.30. The zero-order valence-corrected chi connectivity index (χ0v) is 15.5. The quantitative estimate of drug-likeness (QED) is 0.459. The summed E-state index contributed by atoms with van der Waals surface area (Å²) in [5.74, 6) is -1.40. The second-order valence-electron chi connectivity index (χ2n) is 7.00. The van der Waals surface area contributed by atoms with E-state index < -0.39 is 5.97 Å². The molecule has 5 rings (SSSR count). The second kappa shape index (κ2) is 6.56. The number of phenols is 1. The van der Waals surface area contributed by atoms with E-state index in [0.717, 1.165) is 33.8 Å². The average molecular weight is 382 g/mol. The van der Waals surface area contributed by atoms with Crippen LogP contribution in [0, 0.1) is 0 Å². The topological polar surface area (TPSA) is 74.5 Å². The molecule has 0 bridgehead atoms. The first kappa shape index (κ1) is 17.1. The predicted octanol–water partition coefficient (Wildman–Crippen LogP) is 5.14. The van der Waals surface area contributed by atoms with E-state index in [-0.39, 0.29) is 11.3 Å². The van der Waals surface area contributed by atoms with E-state index in [2.05, 4.69) is 28.1 Å². The summed E-state index contributed by atoms with van der Waals surface area (Å²) in [4.78, 5) is 11.6. The van der Waals surface area contributed by atoms with Crippen LogP contribution < -0.4 is 5.32 Å². The number of aromatic carboxylic acids is 1. The number of fused-ring (bicyclic) bond motifs is 3. The maximum absolute atomic E-state index is 11.6. The Morgan fingerprint density at radius 2 is 1.66 bits per heavy atom. The molecule has 0 spiro atoms. The summed E-state index contributed by atoms with van der Waals surface area (Å²) in [5, 5.41) is 22.9. The van der Waals surface area contributed by atoms with Crippen molar-refractivity contribution in [1.82, 2.24) is 4.57 Å². The smallest absolute Gasteiger partial charge is 0.339 e. The maximum Gasteiger partial charge on any atom is 0.339 e. The number of para-hydroxylation sites is 1. The molecule has 0 saturated heterocycles. The molecule has 5 nitrogen and oxygen atoms in total. The van der Waals surface area contributed by atoms with Crippen LogP contribution in [0.25, 0.3) is 28.1 Å². The zero-order valence-electron chi connectivity index (χ0n) is 15.5. The molecule has 4 aromatic rings. The van der Waals surface area contributed by atoms with Crippen LogP contribution >= 0.6 is 0 Å². The maximum atomic E-state index is 11.6. The first-order valence-electron chi connectivity index (χ1n) is 9.33. The Morgan fingerprint density at radius 3 is 2.45 bits per heavy atom. The molecule has 0 radical (unpaired) electrons. The Bertz CT molecular complexity index is 1240. The van der Waals surface area contributed by atoms with E-state index in [9.17, 15) is 15.0 Å². The van der Waals surface area contributed by atoms with Crippen LogP contribution in [-0.2, 0) is 6.54 Å². The number of aromatic hydroxyl groups is 1. The second-order valence-corrected chi connectivity index (χ2v) is 7.00. The summed E-state index contributed by atoms with van der Waals surface area (Å²) >= 11 is 0. The number of benzene rings is 3. The lowest BCUT2D eigenvalue weighted by Crippen LogP contribution is -2.13. The summed E-state index contributed by atoms with van der Waals surface area (Å²) in [7, 11) is 0. The zero-order chi connectivity index (χ0) is 20.0. The standard InChI is InChI=1S/C24H18N2O3/c27-23-11-10-16(12-19(23)24(28)29)26-21(15-6-2-1-3-7-15)13-18-17-8-4-5-9-20(17)25-14-22(18)26/h1-13,25,27H,14H2,(H,28,29). The molecule has 0 unspecified atom stereocenters. The third kappa shape index (κ3) is 2.75. The van der Waals surface area contributed by atoms with Gasteiger partial charge in [0.2, 0.25) is 0 Å². The number of rotatable bonds is 3. The molecule has 0 atom stereocenters. The Labute approximate surface area is 167 Å². The summed E-state index contributed by atoms with van der Waals surface area (Å²) in [6, 6.07) is 25.0. The van der Waals surface area contributed by atoms with Crippen molar-refractivity contribution in [1.29, 1.82) is 0 Å². The van der Waals surface area contributed by atoms with E-state index in [1.54, 1.807) is 6.07 Å². The molecule has 0 amide bonds. The highest BCUT2D eigenvalue weighted by Crippen LogP contribution is 2.41. The minimum absolute atomic E-state index is 0.117. The number of aromatic nitrogens is 1. The molecular formula is C24H18N2O3. The van der Waals surface area contributed by atoms with E-state index in [1.165, 1.54) is 12.1 Å². The van der Waals surface area contributed by atoms with Gasteiger partial charge < -0.3 is 20.1 Å². The van der Waals surface area contributed by atoms with Gasteiger partial charge in [-0.2, -0.15) is 0 Å². The normalized spacial score (nSPS) is 12.0. The minimum Gasteiger partial charge on any atom is -0.507 e. The summed E-state index contributed by atoms with van der Waals surface area (Å²) < 4.78 is 2.07. The van der Waals surface area contributed by atoms with Gasteiger partial charge in [0, 0.05) is 22.5 Å². The van der Waals surface area contributed by atoms with Gasteiger partial charge in [0.15, 0.2) is 0 Å². The number of nitrogens with one attached hydrogen (secondary N) is 1. The van der Waals surface area contributed by atoms with Crippen LogP contribution in [0.5, 0.6) is 5.75 Å². The van der Waals surface area contributed by atoms with Crippen molar-refractivity contribution in [2.24, 2.45) is 0 Å². The highest BCUT2D eigenvalue weighted by Gasteiger charge is 2.24. The van der Waals surface area contributed by atoms with Crippen LogP contribution in [0.3, 0.4) is 0 Å². The molecule has 0 aliphatic carbocycles. The van der Waals surface area contributed by atoms with Gasteiger partial charge in [-0.15, -0.1) is 0 Å². The van der Waals surface area contributed by atoms with Gasteiger partial charge in [-0.1, -0.05) is 48.5 Å². The van der Waals surface area contributed by atoms with E-state index in [1.807, 2.05) is 42.5 Å². The van der Waals surface area contributed by atoms with Crippen molar-refractivity contribution in [3.63, 3.8) is 0 Å². The summed E-state index contributed by atoms with van der Waals surface area (Å²) in [6.45, 7) is 0.614. The molecule has 2 heterocycles. The van der Waals surface area contributed by atoms with Gasteiger partial charge in [0.1, 0.15) is 11.3 Å². The fourth-order valence-electron chi connectivity index (χ4n) is 3.96. The van der Waals surface area contributed by atoms with Crippen LogP contribution in [0.2, 0.25) is 0 Å². The number of carboxylic acid groups (broad SMARTS) is 1. The van der Waals surface area contributed by atoms with Crippen molar-refractivity contribution in [3.05, 3.63) is 90.1 Å². The molecule has 0 fully saturated rings. The van der Waals surface area contributed by atoms with Crippen LogP contribution in [-0.4, -0.2) is 20.7 Å². The van der Waals surface area contributed by atoms with E-state index in [4.69, 9.17) is 0 Å². The first-order valence-corrected chi connectivity index (χ1v) is 9.33. The van der Waals surface area contributed by atoms with Crippen molar-refractivity contribution < 1.29 is 15.0 Å². The van der Waals surface area contributed by atoms with Gasteiger partial charge in [0.05, 0.1) is 17.9 Å². The minimum atomic E-state index is -1.16. The Kier molecular flexibility index (Phi) is 3.88. The SMILES string of the molecule is O=C(O)c1cc(-n2c(-c3ccccc3)cc3c2CNc2ccccc2-3)ccc1O. The predicted molar refractivity (Wildman–Crippen MR) is 113 cm³/mol. The van der Waals surface area contributed by atoms with Crippen molar-refractivity contribution in [2.45, 2.75) is 6.54 Å². The number of nitrogens with zero attached hydrogens (tertiary/aromatic N) is 1. The number of hydrogen-bond donors (Lipinski definition) is 3. The number of hydrogen-bond acceptors (Lipinski definition) is 3. The van der Waals surface area contributed by atoms with Gasteiger partial charge in [-0.25, -0.2) is 4.79 Å². The van der Waals surface area contributed by atoms with Gasteiger partial charge in [-0.3, -0.25) is 0 Å². The monoisotopic (exact) mass is 382 g/mol. The molecule has 1 aromatic heterocycles. The largest absolute Gasteiger partial charge is 0.507 e. The molecule has 1 aliphatic rings. The van der Waals surface area contributed by atoms with Gasteiger partial charge >= 0.3 is 5.97 Å². The van der Waals surface area contributed by atoms with Crippen LogP contribution in [0.1, 0.15) is 16.1 Å². The number of carboxylic acids is 1. The Hall–Kier alpha value is -3.99. The molecule has 29 heavy (non-hydrogen) atoms. The van der Waals surface area contributed by atoms with Crippen molar-refractivity contribution >= 4 is 11.7 Å². The summed E-state index contributed by atoms with van der Waals surface area (Å²) in [6.07, 6.45) is 0. The van der Waals surface area contributed by atoms with Crippen LogP contribution in [0.15, 0.2) is 78.9 Å². The molecule has 0 saturated carbocycles. The van der Waals surface area contributed by atoms with Crippen molar-refractivity contribution in [3.8, 4) is 33.8 Å². The third-order valence-electron chi connectivity index (χ3n) is 5.30. The number of carbonyl (C=O) groups is 1. The van der Waals surface area contributed by atoms with Crippen molar-refractivity contribution in [2.75, 3.05) is 5.32 Å². The molecule has 3 N–H and O–H groups in total. The molecule has 142 valence electrons. The lowest BCUT2D eigenvalue weighted by molar-refractivity contribution is 0.0693. The summed E-state index contributed by atoms with van der Waals surface area (Å²) in [5.41, 5.74) is 6.93. The number of anilines is 1. The van der Waals surface area contributed by atoms with E-state index in [0.29, 0.717) is 12.2 Å². The highest BCUT2D eigenvalue weighted by molar-refractivity contribution is 5.92. The highest BCUT2D eigenvalue weighted by atomic mass is 16.4. The lowest BCUT2D eigenvalue weighted by Gasteiger charge is -2.22. The molecule has 1 aliphatic heterocycles. The van der Waals surface area contributed by atoms with Gasteiger partial charge in [-0.05, 0) is 35.9 Å². The Morgan fingerprint density at radius 1 is 0.897 bits per heavy atom. The molecule has 3 aromatic carbocycles. The fraction of sp³-hybridized carbons (Fsp3) is 0.0417. The molecular weight excluding hydrogens is 364 g/mol. The fourth-order valence-corrected chi connectivity index (χ4v) is 3.96. The molecule has 5 heteroatoms. The van der Waals surface area contributed by atoms with Crippen LogP contribution in [0.4, 0.5) is 5.69 Å².